The van der Waals surface area contributed by atoms with Gasteiger partial charge in [0, 0.05) is 43.5 Å². The van der Waals surface area contributed by atoms with Crippen LogP contribution in [0.25, 0.3) is 28.2 Å². The second-order valence-electron chi connectivity index (χ2n) is 8.91. The Morgan fingerprint density at radius 1 is 1.10 bits per heavy atom. The Kier molecular flexibility index (Phi) is 7.35. The van der Waals surface area contributed by atoms with Crippen molar-refractivity contribution < 1.29 is 27.4 Å². The second-order valence-corrected chi connectivity index (χ2v) is 8.91. The number of aromatic nitrogens is 4. The molecule has 1 saturated heterocycles. The number of amides is 1. The lowest BCUT2D eigenvalue weighted by molar-refractivity contribution is -0.137. The third-order valence-electron chi connectivity index (χ3n) is 6.44. The van der Waals surface area contributed by atoms with E-state index in [1.165, 1.54) is 17.8 Å². The summed E-state index contributed by atoms with van der Waals surface area (Å²) in [6.45, 7) is 4.25. The van der Waals surface area contributed by atoms with Gasteiger partial charge in [-0.3, -0.25) is 9.69 Å². The highest BCUT2D eigenvalue weighted by Crippen LogP contribution is 2.35. The zero-order valence-corrected chi connectivity index (χ0v) is 21.0. The topological polar surface area (TPSA) is 120 Å². The van der Waals surface area contributed by atoms with E-state index in [0.717, 1.165) is 25.7 Å². The number of carbonyl (C=O) groups is 1. The van der Waals surface area contributed by atoms with Crippen molar-refractivity contribution in [3.8, 4) is 28.3 Å². The summed E-state index contributed by atoms with van der Waals surface area (Å²) in [5.74, 6) is -0.505. The Morgan fingerprint density at radius 3 is 2.64 bits per heavy atom. The minimum Gasteiger partial charge on any atom is -0.496 e. The van der Waals surface area contributed by atoms with Crippen molar-refractivity contribution in [2.24, 2.45) is 0 Å². The average Bonchev–Trinajstić information content (AvgIpc) is 3.36. The van der Waals surface area contributed by atoms with Gasteiger partial charge in [0.05, 0.1) is 49.0 Å². The van der Waals surface area contributed by atoms with Crippen LogP contribution >= 0.6 is 0 Å². The average molecular weight is 542 g/mol. The van der Waals surface area contributed by atoms with Gasteiger partial charge < -0.3 is 20.5 Å². The third kappa shape index (κ3) is 5.64. The summed E-state index contributed by atoms with van der Waals surface area (Å²) in [5.41, 5.74) is 6.88. The van der Waals surface area contributed by atoms with Gasteiger partial charge in [-0.2, -0.15) is 18.3 Å². The minimum atomic E-state index is -4.65. The van der Waals surface area contributed by atoms with Crippen LogP contribution in [0.4, 0.5) is 19.0 Å². The maximum absolute atomic E-state index is 13.3. The molecule has 1 aliphatic heterocycles. The van der Waals surface area contributed by atoms with E-state index in [1.54, 1.807) is 36.5 Å². The van der Waals surface area contributed by atoms with Crippen molar-refractivity contribution >= 4 is 17.4 Å². The van der Waals surface area contributed by atoms with E-state index in [1.807, 2.05) is 0 Å². The number of ether oxygens (including phenoxy) is 2. The fourth-order valence-electron chi connectivity index (χ4n) is 4.35. The van der Waals surface area contributed by atoms with Crippen molar-refractivity contribution in [3.05, 3.63) is 59.9 Å². The summed E-state index contributed by atoms with van der Waals surface area (Å²) in [7, 11) is 1.47. The Labute approximate surface area is 221 Å². The number of nitrogens with two attached hydrogens (primary N) is 1. The number of nitrogens with zero attached hydrogens (tertiary/aromatic N) is 5. The molecule has 1 aliphatic rings. The summed E-state index contributed by atoms with van der Waals surface area (Å²) in [4.78, 5) is 23.1. The molecule has 5 rings (SSSR count). The van der Waals surface area contributed by atoms with Gasteiger partial charge in [0.25, 0.3) is 5.91 Å². The molecule has 4 aromatic rings. The zero-order chi connectivity index (χ0) is 27.6. The molecule has 1 fully saturated rings. The van der Waals surface area contributed by atoms with E-state index < -0.39 is 17.6 Å². The number of rotatable bonds is 7. The first-order chi connectivity index (χ1) is 18.7. The minimum absolute atomic E-state index is 0.153. The van der Waals surface area contributed by atoms with Gasteiger partial charge >= 0.3 is 6.18 Å². The number of imidazole rings is 1. The lowest BCUT2D eigenvalue weighted by Gasteiger charge is -2.26. The molecule has 0 bridgehead atoms. The van der Waals surface area contributed by atoms with Crippen LogP contribution in [-0.4, -0.2) is 76.9 Å². The number of nitrogen functional groups attached to an aromatic ring is 1. The third-order valence-corrected chi connectivity index (χ3v) is 6.44. The van der Waals surface area contributed by atoms with E-state index in [2.05, 4.69) is 25.3 Å². The molecule has 1 aromatic carbocycles. The molecule has 204 valence electrons. The Bertz CT molecular complexity index is 1500. The second kappa shape index (κ2) is 10.9. The predicted molar refractivity (Wildman–Crippen MR) is 137 cm³/mol. The van der Waals surface area contributed by atoms with Gasteiger partial charge in [-0.1, -0.05) is 6.07 Å². The van der Waals surface area contributed by atoms with E-state index in [-0.39, 0.29) is 17.2 Å². The molecular formula is C26H26F3N7O3. The zero-order valence-electron chi connectivity index (χ0n) is 21.0. The normalized spacial score (nSPS) is 14.5. The fraction of sp³-hybridized carbons (Fsp3) is 0.308. The molecule has 4 heterocycles. The molecule has 10 nitrogen and oxygen atoms in total. The molecule has 3 aromatic heterocycles. The number of alkyl halides is 3. The van der Waals surface area contributed by atoms with Gasteiger partial charge in [-0.05, 0) is 30.3 Å². The number of halogens is 3. The first-order valence-electron chi connectivity index (χ1n) is 12.2. The number of benzene rings is 1. The summed E-state index contributed by atoms with van der Waals surface area (Å²) in [6.07, 6.45) is -1.82. The van der Waals surface area contributed by atoms with E-state index in [9.17, 15) is 18.0 Å². The molecule has 0 atom stereocenters. The van der Waals surface area contributed by atoms with Crippen LogP contribution in [0.2, 0.25) is 0 Å². The highest BCUT2D eigenvalue weighted by atomic mass is 19.4. The monoisotopic (exact) mass is 541 g/mol. The lowest BCUT2D eigenvalue weighted by Crippen LogP contribution is -2.41. The van der Waals surface area contributed by atoms with Crippen molar-refractivity contribution in [1.82, 2.24) is 29.8 Å². The summed E-state index contributed by atoms with van der Waals surface area (Å²) >= 11 is 0. The number of nitrogens with one attached hydrogen (secondary N) is 1. The number of hydrogen-bond acceptors (Lipinski definition) is 8. The summed E-state index contributed by atoms with van der Waals surface area (Å²) in [6, 6.07) is 9.21. The number of morpholine rings is 1. The lowest BCUT2D eigenvalue weighted by atomic mass is 10.1. The van der Waals surface area contributed by atoms with Crippen LogP contribution in [0, 0.1) is 0 Å². The van der Waals surface area contributed by atoms with Gasteiger partial charge in [0.1, 0.15) is 11.6 Å². The van der Waals surface area contributed by atoms with Gasteiger partial charge in [0.2, 0.25) is 0 Å². The number of pyridine rings is 1. The number of methoxy groups -OCH3 is 1. The molecule has 13 heteroatoms. The number of anilines is 1. The molecule has 0 radical (unpaired) electrons. The highest BCUT2D eigenvalue weighted by Gasteiger charge is 2.34. The quantitative estimate of drug-likeness (QED) is 0.366. The molecule has 0 spiro atoms. The van der Waals surface area contributed by atoms with Crippen LogP contribution in [-0.2, 0) is 10.9 Å². The highest BCUT2D eigenvalue weighted by molar-refractivity contribution is 5.97. The number of hydrogen-bond donors (Lipinski definition) is 2. The Morgan fingerprint density at radius 2 is 1.90 bits per heavy atom. The Hall–Kier alpha value is -4.23. The van der Waals surface area contributed by atoms with Crippen molar-refractivity contribution in [2.75, 3.05) is 52.2 Å². The SMILES string of the molecule is COc1cc(-c2cnc3ccc(-c4cnc(N)c(C(F)(F)F)c4)nn23)ccc1C(=O)NCCN1CCOCC1. The molecular weight excluding hydrogens is 515 g/mol. The predicted octanol–water partition coefficient (Wildman–Crippen LogP) is 3.13. The molecule has 3 N–H and O–H groups in total. The molecule has 0 unspecified atom stereocenters. The Balaban J connectivity index is 1.40. The largest absolute Gasteiger partial charge is 0.496 e. The van der Waals surface area contributed by atoms with Gasteiger partial charge in [0.15, 0.2) is 5.65 Å². The smallest absolute Gasteiger partial charge is 0.419 e. The van der Waals surface area contributed by atoms with Crippen molar-refractivity contribution in [3.63, 3.8) is 0 Å². The summed E-state index contributed by atoms with van der Waals surface area (Å²) in [5, 5.41) is 7.43. The first kappa shape index (κ1) is 26.4. The van der Waals surface area contributed by atoms with E-state index >= 15 is 0 Å². The van der Waals surface area contributed by atoms with Gasteiger partial charge in [-0.25, -0.2) is 14.5 Å². The maximum Gasteiger partial charge on any atom is 0.419 e. The number of fused-ring (bicyclic) bond motifs is 1. The first-order valence-corrected chi connectivity index (χ1v) is 12.2. The standard InChI is InChI=1S/C26H26F3N7O3/c1-38-22-13-16(2-3-18(22)25(37)31-6-7-35-8-10-39-11-9-35)21-15-32-23-5-4-20(34-36(21)23)17-12-19(26(27,28)29)24(30)33-14-17/h2-5,12-15H,6-11H2,1H3,(H2,30,33)(H,31,37). The fourth-order valence-corrected chi connectivity index (χ4v) is 4.35. The van der Waals surface area contributed by atoms with Gasteiger partial charge in [-0.15, -0.1) is 0 Å². The molecule has 0 aliphatic carbocycles. The van der Waals surface area contributed by atoms with E-state index in [4.69, 9.17) is 15.2 Å². The van der Waals surface area contributed by atoms with Crippen molar-refractivity contribution in [1.29, 1.82) is 0 Å². The van der Waals surface area contributed by atoms with Crippen LogP contribution in [0.3, 0.4) is 0 Å². The van der Waals surface area contributed by atoms with Crippen molar-refractivity contribution in [2.45, 2.75) is 6.18 Å². The van der Waals surface area contributed by atoms with E-state index in [0.29, 0.717) is 48.0 Å². The van der Waals surface area contributed by atoms with Crippen LogP contribution in [0.5, 0.6) is 5.75 Å². The van der Waals surface area contributed by atoms with Crippen LogP contribution in [0.15, 0.2) is 48.8 Å². The summed E-state index contributed by atoms with van der Waals surface area (Å²) < 4.78 is 52.4. The van der Waals surface area contributed by atoms with Crippen LogP contribution in [0.1, 0.15) is 15.9 Å². The number of carbonyl (C=O) groups excluding carboxylic acids is 1. The molecule has 1 amide bonds. The molecule has 39 heavy (non-hydrogen) atoms. The van der Waals surface area contributed by atoms with Crippen LogP contribution < -0.4 is 15.8 Å². The maximum atomic E-state index is 13.3. The molecule has 0 saturated carbocycles.